The van der Waals surface area contributed by atoms with Crippen LogP contribution in [0, 0.1) is 5.82 Å². The molecule has 166 valence electrons. The van der Waals surface area contributed by atoms with E-state index in [2.05, 4.69) is 15.4 Å². The molecule has 1 heterocycles. The van der Waals surface area contributed by atoms with Gasteiger partial charge in [0.1, 0.15) is 16.5 Å². The minimum absolute atomic E-state index is 0.131. The number of nitrogens with one attached hydrogen (secondary N) is 3. The van der Waals surface area contributed by atoms with Gasteiger partial charge in [0.2, 0.25) is 5.91 Å². The van der Waals surface area contributed by atoms with Crippen molar-refractivity contribution < 1.29 is 22.4 Å². The molecule has 2 aliphatic carbocycles. The molecule has 0 unspecified atom stereocenters. The van der Waals surface area contributed by atoms with E-state index in [1.807, 2.05) is 0 Å². The highest BCUT2D eigenvalue weighted by Crippen LogP contribution is 2.53. The molecule has 3 aliphatic rings. The Morgan fingerprint density at radius 2 is 1.88 bits per heavy atom. The van der Waals surface area contributed by atoms with Gasteiger partial charge >= 0.3 is 0 Å². The van der Waals surface area contributed by atoms with E-state index in [0.29, 0.717) is 24.4 Å². The number of carbonyl (C=O) groups excluding carboxylic acids is 2. The van der Waals surface area contributed by atoms with Gasteiger partial charge in [-0.1, -0.05) is 18.6 Å². The first-order valence-corrected chi connectivity index (χ1v) is 12.0. The van der Waals surface area contributed by atoms with Crippen molar-refractivity contribution in [3.05, 3.63) is 65.1 Å². The van der Waals surface area contributed by atoms with Gasteiger partial charge in [-0.25, -0.2) is 12.8 Å². The van der Waals surface area contributed by atoms with E-state index in [9.17, 15) is 22.4 Å². The Bertz CT molecular complexity index is 1280. The van der Waals surface area contributed by atoms with Crippen molar-refractivity contribution in [3.63, 3.8) is 0 Å². The number of hydrogen-bond acceptors (Lipinski definition) is 5. The summed E-state index contributed by atoms with van der Waals surface area (Å²) in [6.07, 6.45) is 4.70. The number of rotatable bonds is 5. The molecule has 7 nitrogen and oxygen atoms in total. The normalized spacial score (nSPS) is 19.1. The lowest BCUT2D eigenvalue weighted by Crippen LogP contribution is -2.39. The van der Waals surface area contributed by atoms with Crippen molar-refractivity contribution in [2.75, 3.05) is 16.6 Å². The second kappa shape index (κ2) is 7.44. The van der Waals surface area contributed by atoms with Crippen LogP contribution in [-0.2, 0) is 31.4 Å². The molecule has 2 aromatic carbocycles. The first-order valence-electron chi connectivity index (χ1n) is 10.5. The van der Waals surface area contributed by atoms with Gasteiger partial charge < -0.3 is 10.6 Å². The Morgan fingerprint density at radius 1 is 1.09 bits per heavy atom. The lowest BCUT2D eigenvalue weighted by atomic mass is 9.64. The monoisotopic (exact) mass is 455 g/mol. The smallest absolute Gasteiger partial charge is 0.264 e. The predicted molar refractivity (Wildman–Crippen MR) is 117 cm³/mol. The van der Waals surface area contributed by atoms with E-state index in [4.69, 9.17) is 0 Å². The van der Waals surface area contributed by atoms with E-state index in [0.717, 1.165) is 36.5 Å². The summed E-state index contributed by atoms with van der Waals surface area (Å²) >= 11 is 0. The Hall–Kier alpha value is -3.20. The minimum Gasteiger partial charge on any atom is -0.358 e. The molecule has 0 atom stereocenters. The summed E-state index contributed by atoms with van der Waals surface area (Å²) in [7, 11) is -4.18. The van der Waals surface area contributed by atoms with Gasteiger partial charge in [-0.15, -0.1) is 0 Å². The van der Waals surface area contributed by atoms with Crippen molar-refractivity contribution in [1.29, 1.82) is 0 Å². The standard InChI is InChI=1S/C23H22FN3O4S/c24-18-4-1-2-5-20(18)32(30,31)27-15-10-17-16(13-21(28)23(17)7-3-8-23)19(11-15)26-14-6-9-25-22(29)12-14/h1-2,4-5,10-12,26-27H,3,6-9,13H2,(H,25,29). The summed E-state index contributed by atoms with van der Waals surface area (Å²) in [5.41, 5.74) is 2.58. The number of amides is 1. The average molecular weight is 456 g/mol. The summed E-state index contributed by atoms with van der Waals surface area (Å²) in [5.74, 6) is -0.923. The van der Waals surface area contributed by atoms with Crippen LogP contribution in [0.1, 0.15) is 36.8 Å². The first kappa shape index (κ1) is 20.7. The third kappa shape index (κ3) is 3.37. The molecule has 5 rings (SSSR count). The molecule has 0 bridgehead atoms. The number of hydrogen-bond donors (Lipinski definition) is 3. The van der Waals surface area contributed by atoms with Crippen molar-refractivity contribution in [2.24, 2.45) is 0 Å². The molecule has 1 spiro atoms. The average Bonchev–Trinajstić information content (AvgIpc) is 3.00. The molecular formula is C23H22FN3O4S. The summed E-state index contributed by atoms with van der Waals surface area (Å²) in [6, 6.07) is 8.47. The van der Waals surface area contributed by atoms with Crippen LogP contribution < -0.4 is 15.4 Å². The Balaban J connectivity index is 1.58. The molecule has 0 radical (unpaired) electrons. The van der Waals surface area contributed by atoms with E-state index in [1.165, 1.54) is 24.3 Å². The fourth-order valence-corrected chi connectivity index (χ4v) is 5.89. The summed E-state index contributed by atoms with van der Waals surface area (Å²) in [4.78, 5) is 24.2. The molecule has 0 saturated heterocycles. The quantitative estimate of drug-likeness (QED) is 0.643. The molecule has 9 heteroatoms. The number of Topliss-reactive ketones (excluding diaryl/α,β-unsaturated/α-hetero) is 1. The van der Waals surface area contributed by atoms with Crippen molar-refractivity contribution in [2.45, 2.75) is 42.4 Å². The number of halogens is 1. The van der Waals surface area contributed by atoms with Crippen LogP contribution in [0.2, 0.25) is 0 Å². The SMILES string of the molecule is O=C1C=C(Nc2cc(NS(=O)(=O)c3ccccc3F)cc3c2CC(=O)C32CCC2)CCN1. The summed E-state index contributed by atoms with van der Waals surface area (Å²) in [5, 5.41) is 5.95. The highest BCUT2D eigenvalue weighted by Gasteiger charge is 2.51. The first-order chi connectivity index (χ1) is 15.3. The number of ketones is 1. The summed E-state index contributed by atoms with van der Waals surface area (Å²) in [6.45, 7) is 0.488. The lowest BCUT2D eigenvalue weighted by Gasteiger charge is -2.38. The number of fused-ring (bicyclic) bond motifs is 2. The van der Waals surface area contributed by atoms with Gasteiger partial charge in [0.05, 0.1) is 11.1 Å². The van der Waals surface area contributed by atoms with Gasteiger partial charge in [0, 0.05) is 36.8 Å². The maximum Gasteiger partial charge on any atom is 0.264 e. The maximum atomic E-state index is 14.1. The van der Waals surface area contributed by atoms with Crippen molar-refractivity contribution in [3.8, 4) is 0 Å². The van der Waals surface area contributed by atoms with Crippen LogP contribution in [-0.4, -0.2) is 26.7 Å². The number of carbonyl (C=O) groups is 2. The minimum atomic E-state index is -4.18. The zero-order valence-electron chi connectivity index (χ0n) is 17.2. The molecule has 0 aromatic heterocycles. The van der Waals surface area contributed by atoms with Gasteiger partial charge in [0.15, 0.2) is 0 Å². The van der Waals surface area contributed by atoms with Crippen molar-refractivity contribution in [1.82, 2.24) is 5.32 Å². The Morgan fingerprint density at radius 3 is 2.56 bits per heavy atom. The largest absolute Gasteiger partial charge is 0.358 e. The molecule has 1 aliphatic heterocycles. The van der Waals surface area contributed by atoms with Crippen LogP contribution in [0.3, 0.4) is 0 Å². The highest BCUT2D eigenvalue weighted by atomic mass is 32.2. The van der Waals surface area contributed by atoms with Gasteiger partial charge in [-0.2, -0.15) is 0 Å². The van der Waals surface area contributed by atoms with E-state index in [1.54, 1.807) is 12.1 Å². The van der Waals surface area contributed by atoms with Gasteiger partial charge in [-0.3, -0.25) is 14.3 Å². The van der Waals surface area contributed by atoms with E-state index in [-0.39, 0.29) is 23.8 Å². The maximum absolute atomic E-state index is 14.1. The zero-order chi connectivity index (χ0) is 22.5. The fourth-order valence-electron chi connectivity index (χ4n) is 4.76. The second-order valence-electron chi connectivity index (χ2n) is 8.46. The number of sulfonamides is 1. The third-order valence-electron chi connectivity index (χ3n) is 6.52. The van der Waals surface area contributed by atoms with Crippen LogP contribution in [0.25, 0.3) is 0 Å². The van der Waals surface area contributed by atoms with Crippen LogP contribution >= 0.6 is 0 Å². The highest BCUT2D eigenvalue weighted by molar-refractivity contribution is 7.92. The van der Waals surface area contributed by atoms with Crippen LogP contribution in [0.4, 0.5) is 15.8 Å². The molecule has 2 aromatic rings. The molecule has 1 amide bonds. The van der Waals surface area contributed by atoms with E-state index >= 15 is 0 Å². The molecule has 1 fully saturated rings. The molecule has 1 saturated carbocycles. The fraction of sp³-hybridized carbons (Fsp3) is 0.304. The van der Waals surface area contributed by atoms with Gasteiger partial charge in [-0.05, 0) is 48.2 Å². The van der Waals surface area contributed by atoms with E-state index < -0.39 is 26.2 Å². The Labute approximate surface area is 185 Å². The lowest BCUT2D eigenvalue weighted by molar-refractivity contribution is -0.125. The number of anilines is 2. The topological polar surface area (TPSA) is 104 Å². The van der Waals surface area contributed by atoms with Crippen molar-refractivity contribution >= 4 is 33.1 Å². The third-order valence-corrected chi connectivity index (χ3v) is 7.93. The number of benzene rings is 2. The second-order valence-corrected chi connectivity index (χ2v) is 10.1. The van der Waals surface area contributed by atoms with Gasteiger partial charge in [0.25, 0.3) is 10.0 Å². The summed E-state index contributed by atoms with van der Waals surface area (Å²) < 4.78 is 42.4. The Kier molecular flexibility index (Phi) is 4.81. The molecule has 32 heavy (non-hydrogen) atoms. The predicted octanol–water partition coefficient (Wildman–Crippen LogP) is 2.99. The molecule has 3 N–H and O–H groups in total. The molecular weight excluding hydrogens is 433 g/mol. The van der Waals surface area contributed by atoms with Crippen LogP contribution in [0.15, 0.2) is 53.1 Å². The zero-order valence-corrected chi connectivity index (χ0v) is 18.0. The van der Waals surface area contributed by atoms with Crippen LogP contribution in [0.5, 0.6) is 0 Å².